The Kier molecular flexibility index (Phi) is 3.75. The third-order valence-electron chi connectivity index (χ3n) is 3.36. The van der Waals surface area contributed by atoms with E-state index in [1.807, 2.05) is 0 Å². The number of nitrogens with one attached hydrogen (secondary N) is 1. The minimum absolute atomic E-state index is 0.104. The van der Waals surface area contributed by atoms with Crippen LogP contribution in [0.5, 0.6) is 0 Å². The molecule has 2 N–H and O–H groups in total. The molecule has 1 aromatic rings. The van der Waals surface area contributed by atoms with Crippen LogP contribution in [0, 0.1) is 5.82 Å². The van der Waals surface area contributed by atoms with Gasteiger partial charge in [0.05, 0.1) is 17.0 Å². The van der Waals surface area contributed by atoms with Crippen LogP contribution in [0.3, 0.4) is 0 Å². The van der Waals surface area contributed by atoms with Crippen LogP contribution in [0.1, 0.15) is 36.0 Å². The fourth-order valence-corrected chi connectivity index (χ4v) is 2.37. The molecule has 0 aliphatic heterocycles. The predicted octanol–water partition coefficient (Wildman–Crippen LogP) is 2.61. The summed E-state index contributed by atoms with van der Waals surface area (Å²) < 4.78 is 13.0. The Morgan fingerprint density at radius 3 is 2.58 bits per heavy atom. The van der Waals surface area contributed by atoms with Crippen LogP contribution in [-0.4, -0.2) is 22.5 Å². The zero-order chi connectivity index (χ0) is 14.0. The monoisotopic (exact) mass is 285 g/mol. The molecule has 1 aliphatic carbocycles. The molecular weight excluding hydrogens is 273 g/mol. The van der Waals surface area contributed by atoms with E-state index in [0.29, 0.717) is 12.8 Å². The largest absolute Gasteiger partial charge is 0.481 e. The van der Waals surface area contributed by atoms with E-state index in [0.717, 1.165) is 12.5 Å². The number of aliphatic carboxylic acids is 1. The van der Waals surface area contributed by atoms with Gasteiger partial charge in [-0.05, 0) is 37.5 Å². The quantitative estimate of drug-likeness (QED) is 0.893. The number of halogens is 2. The van der Waals surface area contributed by atoms with Crippen molar-refractivity contribution in [2.75, 3.05) is 0 Å². The molecule has 102 valence electrons. The van der Waals surface area contributed by atoms with Crippen LogP contribution >= 0.6 is 11.6 Å². The van der Waals surface area contributed by atoms with Gasteiger partial charge in [0.1, 0.15) is 5.82 Å². The summed E-state index contributed by atoms with van der Waals surface area (Å²) in [6.07, 6.45) is 2.06. The van der Waals surface area contributed by atoms with E-state index in [1.165, 1.54) is 12.1 Å². The van der Waals surface area contributed by atoms with E-state index in [2.05, 4.69) is 5.32 Å². The van der Waals surface area contributed by atoms with Gasteiger partial charge in [-0.1, -0.05) is 11.6 Å². The van der Waals surface area contributed by atoms with Gasteiger partial charge in [0.2, 0.25) is 0 Å². The lowest BCUT2D eigenvalue weighted by Gasteiger charge is -2.41. The number of carbonyl (C=O) groups is 2. The number of carboxylic acids is 1. The van der Waals surface area contributed by atoms with Crippen molar-refractivity contribution in [1.82, 2.24) is 5.32 Å². The maximum Gasteiger partial charge on any atom is 0.305 e. The van der Waals surface area contributed by atoms with Crippen LogP contribution in [-0.2, 0) is 4.79 Å². The minimum Gasteiger partial charge on any atom is -0.481 e. The van der Waals surface area contributed by atoms with Gasteiger partial charge >= 0.3 is 5.97 Å². The van der Waals surface area contributed by atoms with Gasteiger partial charge in [0.15, 0.2) is 0 Å². The number of amides is 1. The van der Waals surface area contributed by atoms with Gasteiger partial charge in [-0.25, -0.2) is 4.39 Å². The lowest BCUT2D eigenvalue weighted by Crippen LogP contribution is -2.54. The highest BCUT2D eigenvalue weighted by molar-refractivity contribution is 6.31. The molecule has 19 heavy (non-hydrogen) atoms. The van der Waals surface area contributed by atoms with Crippen molar-refractivity contribution >= 4 is 23.5 Å². The Balaban J connectivity index is 2.11. The zero-order valence-corrected chi connectivity index (χ0v) is 10.8. The number of hydrogen-bond donors (Lipinski definition) is 2. The molecule has 1 saturated carbocycles. The van der Waals surface area contributed by atoms with E-state index in [4.69, 9.17) is 16.7 Å². The predicted molar refractivity (Wildman–Crippen MR) is 67.7 cm³/mol. The number of hydrogen-bond acceptors (Lipinski definition) is 2. The summed E-state index contributed by atoms with van der Waals surface area (Å²) in [6.45, 7) is 0. The topological polar surface area (TPSA) is 66.4 Å². The molecule has 1 amide bonds. The molecule has 0 heterocycles. The third kappa shape index (κ3) is 3.04. The van der Waals surface area contributed by atoms with E-state index >= 15 is 0 Å². The summed E-state index contributed by atoms with van der Waals surface area (Å²) in [7, 11) is 0. The Bertz CT molecular complexity index is 529. The smallest absolute Gasteiger partial charge is 0.305 e. The number of carboxylic acid groups (broad SMARTS) is 1. The Labute approximate surface area is 114 Å². The lowest BCUT2D eigenvalue weighted by molar-refractivity contribution is -0.139. The molecule has 0 unspecified atom stereocenters. The highest BCUT2D eigenvalue weighted by Crippen LogP contribution is 2.35. The van der Waals surface area contributed by atoms with Crippen LogP contribution in [0.25, 0.3) is 0 Å². The SMILES string of the molecule is O=C(O)CC1(NC(=O)c2ccc(F)c(Cl)c2)CCC1. The standard InChI is InChI=1S/C13H13ClFNO3/c14-9-6-8(2-3-10(9)15)12(19)16-13(4-1-5-13)7-11(17)18/h2-3,6H,1,4-5,7H2,(H,16,19)(H,17,18). The van der Waals surface area contributed by atoms with Crippen LogP contribution in [0.4, 0.5) is 4.39 Å². The van der Waals surface area contributed by atoms with Gasteiger partial charge in [-0.2, -0.15) is 0 Å². The first-order valence-corrected chi connectivity index (χ1v) is 6.29. The first kappa shape index (κ1) is 13.8. The van der Waals surface area contributed by atoms with Crippen molar-refractivity contribution < 1.29 is 19.1 Å². The molecule has 1 aromatic carbocycles. The summed E-state index contributed by atoms with van der Waals surface area (Å²) in [5, 5.41) is 11.4. The van der Waals surface area contributed by atoms with Crippen molar-refractivity contribution in [3.63, 3.8) is 0 Å². The molecule has 0 radical (unpaired) electrons. The number of rotatable bonds is 4. The maximum absolute atomic E-state index is 13.0. The molecule has 0 bridgehead atoms. The molecule has 2 rings (SSSR count). The van der Waals surface area contributed by atoms with E-state index in [9.17, 15) is 14.0 Å². The zero-order valence-electron chi connectivity index (χ0n) is 10.1. The van der Waals surface area contributed by atoms with Crippen LogP contribution in [0.2, 0.25) is 5.02 Å². The van der Waals surface area contributed by atoms with Crippen molar-refractivity contribution in [2.45, 2.75) is 31.2 Å². The minimum atomic E-state index is -0.947. The molecule has 4 nitrogen and oxygen atoms in total. The van der Waals surface area contributed by atoms with E-state index < -0.39 is 23.2 Å². The second kappa shape index (κ2) is 5.17. The van der Waals surface area contributed by atoms with Crippen molar-refractivity contribution in [3.8, 4) is 0 Å². The van der Waals surface area contributed by atoms with E-state index in [1.54, 1.807) is 0 Å². The lowest BCUT2D eigenvalue weighted by atomic mass is 9.74. The Morgan fingerprint density at radius 2 is 2.11 bits per heavy atom. The van der Waals surface area contributed by atoms with Gasteiger partial charge in [0.25, 0.3) is 5.91 Å². The average molecular weight is 286 g/mol. The Hall–Kier alpha value is -1.62. The molecule has 0 atom stereocenters. The average Bonchev–Trinajstić information content (AvgIpc) is 2.29. The Morgan fingerprint density at radius 1 is 1.42 bits per heavy atom. The molecule has 0 aromatic heterocycles. The van der Waals surface area contributed by atoms with Crippen molar-refractivity contribution in [3.05, 3.63) is 34.6 Å². The van der Waals surface area contributed by atoms with Crippen LogP contribution in [0.15, 0.2) is 18.2 Å². The third-order valence-corrected chi connectivity index (χ3v) is 3.65. The van der Waals surface area contributed by atoms with Gasteiger partial charge in [-0.3, -0.25) is 9.59 Å². The normalized spacial score (nSPS) is 16.5. The highest BCUT2D eigenvalue weighted by atomic mass is 35.5. The molecule has 6 heteroatoms. The van der Waals surface area contributed by atoms with Gasteiger partial charge in [-0.15, -0.1) is 0 Å². The first-order chi connectivity index (χ1) is 8.92. The first-order valence-electron chi connectivity index (χ1n) is 5.91. The molecule has 0 saturated heterocycles. The van der Waals surface area contributed by atoms with Crippen LogP contribution < -0.4 is 5.32 Å². The number of benzene rings is 1. The summed E-state index contributed by atoms with van der Waals surface area (Å²) in [6, 6.07) is 3.67. The summed E-state index contributed by atoms with van der Waals surface area (Å²) in [5.41, 5.74) is -0.452. The fraction of sp³-hybridized carbons (Fsp3) is 0.385. The van der Waals surface area contributed by atoms with E-state index in [-0.39, 0.29) is 17.0 Å². The molecule has 1 aliphatic rings. The second-order valence-electron chi connectivity index (χ2n) is 4.79. The molecular formula is C13H13ClFNO3. The maximum atomic E-state index is 13.0. The van der Waals surface area contributed by atoms with Crippen molar-refractivity contribution in [2.24, 2.45) is 0 Å². The summed E-state index contributed by atoms with van der Waals surface area (Å²) >= 11 is 5.61. The number of carbonyl (C=O) groups excluding carboxylic acids is 1. The molecule has 0 spiro atoms. The summed E-state index contributed by atoms with van der Waals surface area (Å²) in [5.74, 6) is -1.97. The van der Waals surface area contributed by atoms with Gasteiger partial charge < -0.3 is 10.4 Å². The van der Waals surface area contributed by atoms with Gasteiger partial charge in [0, 0.05) is 5.56 Å². The summed E-state index contributed by atoms with van der Waals surface area (Å²) in [4.78, 5) is 22.8. The van der Waals surface area contributed by atoms with Crippen molar-refractivity contribution in [1.29, 1.82) is 0 Å². The highest BCUT2D eigenvalue weighted by Gasteiger charge is 2.40. The fourth-order valence-electron chi connectivity index (χ4n) is 2.19. The molecule has 1 fully saturated rings. The second-order valence-corrected chi connectivity index (χ2v) is 5.19.